The molecule has 0 atom stereocenters. The smallest absolute Gasteiger partial charge is 0.254 e. The Morgan fingerprint density at radius 2 is 1.75 bits per heavy atom. The molecule has 0 bridgehead atoms. The van der Waals surface area contributed by atoms with E-state index in [-0.39, 0.29) is 5.91 Å². The van der Waals surface area contributed by atoms with Gasteiger partial charge in [-0.15, -0.1) is 0 Å². The third-order valence-electron chi connectivity index (χ3n) is 4.43. The van der Waals surface area contributed by atoms with E-state index >= 15 is 0 Å². The first kappa shape index (κ1) is 18.0. The minimum Gasteiger partial charge on any atom is -0.455 e. The van der Waals surface area contributed by atoms with E-state index in [1.165, 1.54) is 0 Å². The van der Waals surface area contributed by atoms with Crippen molar-refractivity contribution < 1.29 is 14.3 Å². The number of hydrogen-bond donors (Lipinski definition) is 1. The molecule has 1 saturated heterocycles. The van der Waals surface area contributed by atoms with E-state index in [0.29, 0.717) is 43.4 Å². The fraction of sp³-hybridized carbons (Fsp3) is 0.182. The maximum absolute atomic E-state index is 12.7. The number of para-hydroxylation sites is 3. The Hall–Kier alpha value is -3.38. The average Bonchev–Trinajstić information content (AvgIpc) is 2.76. The SMILES string of the molecule is O=C(c1ccnc(Nc2ccccc2Oc2ccccc2)c1)N1CCOCC1. The van der Waals surface area contributed by atoms with Crippen LogP contribution in [0.15, 0.2) is 72.9 Å². The van der Waals surface area contributed by atoms with Gasteiger partial charge in [0.25, 0.3) is 5.91 Å². The lowest BCUT2D eigenvalue weighted by Gasteiger charge is -2.26. The van der Waals surface area contributed by atoms with Gasteiger partial charge in [0, 0.05) is 24.8 Å². The number of aromatic nitrogens is 1. The van der Waals surface area contributed by atoms with Crippen LogP contribution in [-0.4, -0.2) is 42.1 Å². The van der Waals surface area contributed by atoms with Crippen LogP contribution in [0.3, 0.4) is 0 Å². The molecule has 0 radical (unpaired) electrons. The number of amides is 1. The lowest BCUT2D eigenvalue weighted by atomic mass is 10.2. The lowest BCUT2D eigenvalue weighted by Crippen LogP contribution is -2.40. The highest BCUT2D eigenvalue weighted by molar-refractivity contribution is 5.95. The van der Waals surface area contributed by atoms with Gasteiger partial charge < -0.3 is 19.7 Å². The summed E-state index contributed by atoms with van der Waals surface area (Å²) >= 11 is 0. The van der Waals surface area contributed by atoms with Gasteiger partial charge in [-0.2, -0.15) is 0 Å². The largest absolute Gasteiger partial charge is 0.455 e. The first-order valence-electron chi connectivity index (χ1n) is 9.21. The van der Waals surface area contributed by atoms with E-state index in [1.807, 2.05) is 54.6 Å². The highest BCUT2D eigenvalue weighted by Gasteiger charge is 2.19. The van der Waals surface area contributed by atoms with Crippen LogP contribution in [0.5, 0.6) is 11.5 Å². The predicted molar refractivity (Wildman–Crippen MR) is 107 cm³/mol. The molecular formula is C22H21N3O3. The number of benzene rings is 2. The summed E-state index contributed by atoms with van der Waals surface area (Å²) < 4.78 is 11.3. The molecule has 3 aromatic rings. The average molecular weight is 375 g/mol. The number of carbonyl (C=O) groups is 1. The Kier molecular flexibility index (Phi) is 5.49. The van der Waals surface area contributed by atoms with Crippen molar-refractivity contribution in [1.29, 1.82) is 0 Å². The van der Waals surface area contributed by atoms with Gasteiger partial charge in [0.05, 0.1) is 18.9 Å². The first-order chi connectivity index (χ1) is 13.8. The Morgan fingerprint density at radius 3 is 2.57 bits per heavy atom. The number of rotatable bonds is 5. The molecule has 142 valence electrons. The summed E-state index contributed by atoms with van der Waals surface area (Å²) in [7, 11) is 0. The lowest BCUT2D eigenvalue weighted by molar-refractivity contribution is 0.0303. The number of nitrogens with one attached hydrogen (secondary N) is 1. The second-order valence-corrected chi connectivity index (χ2v) is 6.37. The molecule has 0 saturated carbocycles. The van der Waals surface area contributed by atoms with Crippen LogP contribution < -0.4 is 10.1 Å². The maximum atomic E-state index is 12.7. The molecule has 0 aliphatic carbocycles. The fourth-order valence-electron chi connectivity index (χ4n) is 2.99. The van der Waals surface area contributed by atoms with Crippen molar-refractivity contribution in [3.05, 3.63) is 78.5 Å². The molecule has 2 aromatic carbocycles. The van der Waals surface area contributed by atoms with Crippen LogP contribution in [-0.2, 0) is 4.74 Å². The Bertz CT molecular complexity index is 941. The highest BCUT2D eigenvalue weighted by atomic mass is 16.5. The van der Waals surface area contributed by atoms with Gasteiger partial charge in [0.15, 0.2) is 5.75 Å². The highest BCUT2D eigenvalue weighted by Crippen LogP contribution is 2.31. The van der Waals surface area contributed by atoms with Crippen LogP contribution in [0.25, 0.3) is 0 Å². The molecule has 0 unspecified atom stereocenters. The molecule has 2 heterocycles. The quantitative estimate of drug-likeness (QED) is 0.728. The van der Waals surface area contributed by atoms with Gasteiger partial charge in [0.2, 0.25) is 0 Å². The van der Waals surface area contributed by atoms with Gasteiger partial charge in [-0.05, 0) is 36.4 Å². The Morgan fingerprint density at radius 1 is 1.00 bits per heavy atom. The molecule has 1 aromatic heterocycles. The van der Waals surface area contributed by atoms with Gasteiger partial charge in [0.1, 0.15) is 11.6 Å². The summed E-state index contributed by atoms with van der Waals surface area (Å²) in [4.78, 5) is 18.9. The summed E-state index contributed by atoms with van der Waals surface area (Å²) in [5.41, 5.74) is 1.37. The second kappa shape index (κ2) is 8.54. The number of morpholine rings is 1. The van der Waals surface area contributed by atoms with E-state index in [9.17, 15) is 4.79 Å². The van der Waals surface area contributed by atoms with Crippen LogP contribution in [0.1, 0.15) is 10.4 Å². The summed E-state index contributed by atoms with van der Waals surface area (Å²) in [5.74, 6) is 2.01. The molecule has 6 nitrogen and oxygen atoms in total. The van der Waals surface area contributed by atoms with Crippen molar-refractivity contribution >= 4 is 17.4 Å². The van der Waals surface area contributed by atoms with E-state index in [2.05, 4.69) is 10.3 Å². The summed E-state index contributed by atoms with van der Waals surface area (Å²) in [6, 6.07) is 20.7. The van der Waals surface area contributed by atoms with Crippen molar-refractivity contribution in [2.45, 2.75) is 0 Å². The van der Waals surface area contributed by atoms with Gasteiger partial charge in [-0.3, -0.25) is 4.79 Å². The van der Waals surface area contributed by atoms with Crippen molar-refractivity contribution in [1.82, 2.24) is 9.88 Å². The second-order valence-electron chi connectivity index (χ2n) is 6.37. The van der Waals surface area contributed by atoms with Crippen molar-refractivity contribution in [2.24, 2.45) is 0 Å². The molecule has 1 aliphatic heterocycles. The Balaban J connectivity index is 1.52. The number of carbonyl (C=O) groups excluding carboxylic acids is 1. The van der Waals surface area contributed by atoms with Crippen LogP contribution in [0.2, 0.25) is 0 Å². The van der Waals surface area contributed by atoms with Crippen LogP contribution >= 0.6 is 0 Å². The molecule has 1 aliphatic rings. The molecule has 1 N–H and O–H groups in total. The fourth-order valence-corrected chi connectivity index (χ4v) is 2.99. The van der Waals surface area contributed by atoms with Gasteiger partial charge >= 0.3 is 0 Å². The Labute approximate surface area is 163 Å². The minimum atomic E-state index is -0.0115. The number of hydrogen-bond acceptors (Lipinski definition) is 5. The molecule has 4 rings (SSSR count). The number of anilines is 2. The molecule has 1 fully saturated rings. The van der Waals surface area contributed by atoms with Crippen LogP contribution in [0, 0.1) is 0 Å². The number of nitrogens with zero attached hydrogens (tertiary/aromatic N) is 2. The van der Waals surface area contributed by atoms with Gasteiger partial charge in [-0.1, -0.05) is 30.3 Å². The van der Waals surface area contributed by atoms with E-state index < -0.39 is 0 Å². The van der Waals surface area contributed by atoms with E-state index in [4.69, 9.17) is 9.47 Å². The third kappa shape index (κ3) is 4.29. The summed E-state index contributed by atoms with van der Waals surface area (Å²) in [6.45, 7) is 2.37. The molecule has 6 heteroatoms. The zero-order valence-electron chi connectivity index (χ0n) is 15.4. The predicted octanol–water partition coefficient (Wildman–Crippen LogP) is 4.09. The number of pyridine rings is 1. The first-order valence-corrected chi connectivity index (χ1v) is 9.21. The minimum absolute atomic E-state index is 0.0115. The zero-order valence-corrected chi connectivity index (χ0v) is 15.4. The third-order valence-corrected chi connectivity index (χ3v) is 4.43. The molecule has 0 spiro atoms. The molecule has 1 amide bonds. The zero-order chi connectivity index (χ0) is 19.2. The van der Waals surface area contributed by atoms with Crippen molar-refractivity contribution in [2.75, 3.05) is 31.6 Å². The number of ether oxygens (including phenoxy) is 2. The standard InChI is InChI=1S/C22H21N3O3/c26-22(25-12-14-27-15-13-25)17-10-11-23-21(16-17)24-19-8-4-5-9-20(19)28-18-6-2-1-3-7-18/h1-11,16H,12-15H2,(H,23,24). The summed E-state index contributed by atoms with van der Waals surface area (Å²) in [6.07, 6.45) is 1.64. The topological polar surface area (TPSA) is 63.7 Å². The van der Waals surface area contributed by atoms with Gasteiger partial charge in [-0.25, -0.2) is 4.98 Å². The summed E-state index contributed by atoms with van der Waals surface area (Å²) in [5, 5.41) is 3.26. The van der Waals surface area contributed by atoms with E-state index in [0.717, 1.165) is 11.4 Å². The van der Waals surface area contributed by atoms with Crippen LogP contribution in [0.4, 0.5) is 11.5 Å². The maximum Gasteiger partial charge on any atom is 0.254 e. The monoisotopic (exact) mass is 375 g/mol. The van der Waals surface area contributed by atoms with Crippen molar-refractivity contribution in [3.63, 3.8) is 0 Å². The van der Waals surface area contributed by atoms with E-state index in [1.54, 1.807) is 23.2 Å². The van der Waals surface area contributed by atoms with Crippen molar-refractivity contribution in [3.8, 4) is 11.5 Å². The normalized spacial score (nSPS) is 13.8. The molecule has 28 heavy (non-hydrogen) atoms. The molecular weight excluding hydrogens is 354 g/mol.